The first-order chi connectivity index (χ1) is 12.3. The van der Waals surface area contributed by atoms with Gasteiger partial charge < -0.3 is 4.42 Å². The van der Waals surface area contributed by atoms with Crippen molar-refractivity contribution in [2.75, 3.05) is 0 Å². The first kappa shape index (κ1) is 16.5. The average Bonchev–Trinajstić information content (AvgIpc) is 3.41. The summed E-state index contributed by atoms with van der Waals surface area (Å²) in [6.45, 7) is 2.16. The van der Waals surface area contributed by atoms with Gasteiger partial charge in [0.15, 0.2) is 0 Å². The first-order valence-corrected chi connectivity index (χ1v) is 10.6. The second kappa shape index (κ2) is 7.51. The molecule has 4 nitrogen and oxygen atoms in total. The topological polar surface area (TPSA) is 51.8 Å². The van der Waals surface area contributed by atoms with Crippen LogP contribution in [0.2, 0.25) is 0 Å². The Hall–Kier alpha value is -1.96. The van der Waals surface area contributed by atoms with E-state index in [9.17, 15) is 0 Å². The molecule has 1 aromatic carbocycles. The SMILES string of the molecule is CCc1ccc(-c2nc(CSc3nnc(-c4cccs4)o3)cs2)cc1. The molecule has 25 heavy (non-hydrogen) atoms. The summed E-state index contributed by atoms with van der Waals surface area (Å²) < 4.78 is 5.69. The van der Waals surface area contributed by atoms with E-state index in [0.29, 0.717) is 11.1 Å². The molecule has 7 heteroatoms. The van der Waals surface area contributed by atoms with Gasteiger partial charge in [-0.1, -0.05) is 49.0 Å². The van der Waals surface area contributed by atoms with Gasteiger partial charge in [0.1, 0.15) is 5.01 Å². The van der Waals surface area contributed by atoms with Gasteiger partial charge in [-0.05, 0) is 23.4 Å². The predicted octanol–water partition coefficient (Wildman–Crippen LogP) is 5.78. The molecule has 0 amide bonds. The number of benzene rings is 1. The number of aryl methyl sites for hydroxylation is 1. The van der Waals surface area contributed by atoms with Crippen LogP contribution in [0.4, 0.5) is 0 Å². The van der Waals surface area contributed by atoms with Gasteiger partial charge in [-0.25, -0.2) is 4.98 Å². The summed E-state index contributed by atoms with van der Waals surface area (Å²) in [5, 5.41) is 13.9. The Bertz CT molecular complexity index is 942. The molecular weight excluding hydrogens is 370 g/mol. The van der Waals surface area contributed by atoms with E-state index in [1.807, 2.05) is 17.5 Å². The summed E-state index contributed by atoms with van der Waals surface area (Å²) in [5.74, 6) is 1.29. The molecule has 0 bridgehead atoms. The van der Waals surface area contributed by atoms with Crippen LogP contribution in [0.15, 0.2) is 56.8 Å². The molecule has 0 atom stereocenters. The molecule has 0 fully saturated rings. The number of thiazole rings is 1. The lowest BCUT2D eigenvalue weighted by molar-refractivity contribution is 0.466. The summed E-state index contributed by atoms with van der Waals surface area (Å²) in [6.07, 6.45) is 1.05. The quantitative estimate of drug-likeness (QED) is 0.394. The molecule has 0 N–H and O–H groups in total. The molecule has 0 spiro atoms. The Labute approximate surface area is 158 Å². The van der Waals surface area contributed by atoms with Crippen LogP contribution in [-0.4, -0.2) is 15.2 Å². The molecule has 0 aliphatic rings. The van der Waals surface area contributed by atoms with Crippen LogP contribution < -0.4 is 0 Å². The van der Waals surface area contributed by atoms with E-state index in [0.717, 1.165) is 33.3 Å². The van der Waals surface area contributed by atoms with E-state index < -0.39 is 0 Å². The van der Waals surface area contributed by atoms with Gasteiger partial charge in [0.25, 0.3) is 11.1 Å². The van der Waals surface area contributed by atoms with Crippen molar-refractivity contribution in [3.05, 3.63) is 58.4 Å². The summed E-state index contributed by atoms with van der Waals surface area (Å²) in [6, 6.07) is 12.6. The summed E-state index contributed by atoms with van der Waals surface area (Å²) in [4.78, 5) is 5.71. The molecule has 0 radical (unpaired) electrons. The highest BCUT2D eigenvalue weighted by atomic mass is 32.2. The zero-order valence-electron chi connectivity index (χ0n) is 13.5. The predicted molar refractivity (Wildman–Crippen MR) is 104 cm³/mol. The van der Waals surface area contributed by atoms with Crippen LogP contribution in [0, 0.1) is 0 Å². The van der Waals surface area contributed by atoms with Gasteiger partial charge in [0, 0.05) is 16.7 Å². The third-order valence-electron chi connectivity index (χ3n) is 3.64. The Balaban J connectivity index is 1.41. The molecule has 126 valence electrons. The zero-order chi connectivity index (χ0) is 17.1. The number of hydrogen-bond acceptors (Lipinski definition) is 7. The Morgan fingerprint density at radius 1 is 1.08 bits per heavy atom. The van der Waals surface area contributed by atoms with Crippen LogP contribution in [0.3, 0.4) is 0 Å². The van der Waals surface area contributed by atoms with Crippen LogP contribution in [0.5, 0.6) is 0 Å². The lowest BCUT2D eigenvalue weighted by Gasteiger charge is -1.98. The van der Waals surface area contributed by atoms with Gasteiger partial charge in [-0.2, -0.15) is 0 Å². The minimum atomic E-state index is 0.574. The highest BCUT2D eigenvalue weighted by molar-refractivity contribution is 7.98. The number of hydrogen-bond donors (Lipinski definition) is 0. The van der Waals surface area contributed by atoms with E-state index in [1.54, 1.807) is 22.7 Å². The maximum atomic E-state index is 5.69. The van der Waals surface area contributed by atoms with Gasteiger partial charge in [0.2, 0.25) is 0 Å². The van der Waals surface area contributed by atoms with Crippen molar-refractivity contribution >= 4 is 34.4 Å². The van der Waals surface area contributed by atoms with Crippen LogP contribution in [0.25, 0.3) is 21.3 Å². The molecule has 3 heterocycles. The smallest absolute Gasteiger partial charge is 0.277 e. The van der Waals surface area contributed by atoms with Gasteiger partial charge in [-0.15, -0.1) is 32.9 Å². The fraction of sp³-hybridized carbons (Fsp3) is 0.167. The van der Waals surface area contributed by atoms with Gasteiger partial charge in [0.05, 0.1) is 10.6 Å². The number of thiophene rings is 1. The molecule has 0 saturated carbocycles. The van der Waals surface area contributed by atoms with Crippen LogP contribution >= 0.6 is 34.4 Å². The van der Waals surface area contributed by atoms with E-state index in [1.165, 1.54) is 17.3 Å². The molecule has 0 aliphatic heterocycles. The van der Waals surface area contributed by atoms with Crippen LogP contribution in [-0.2, 0) is 12.2 Å². The van der Waals surface area contributed by atoms with Crippen molar-refractivity contribution in [1.29, 1.82) is 0 Å². The lowest BCUT2D eigenvalue weighted by Crippen LogP contribution is -1.83. The fourth-order valence-corrected chi connectivity index (χ4v) is 4.52. The monoisotopic (exact) mass is 385 g/mol. The molecule has 3 aromatic heterocycles. The number of rotatable bonds is 6. The van der Waals surface area contributed by atoms with Crippen molar-refractivity contribution in [2.45, 2.75) is 24.3 Å². The number of thioether (sulfide) groups is 1. The third kappa shape index (κ3) is 3.84. The summed E-state index contributed by atoms with van der Waals surface area (Å²) in [7, 11) is 0. The Morgan fingerprint density at radius 3 is 2.72 bits per heavy atom. The summed E-state index contributed by atoms with van der Waals surface area (Å²) in [5.41, 5.74) is 3.53. The molecule has 4 aromatic rings. The standard InChI is InChI=1S/C18H15N3OS3/c1-2-12-5-7-13(8-6-12)17-19-14(10-24-17)11-25-18-21-20-16(22-18)15-4-3-9-23-15/h3-10H,2,11H2,1H3. The van der Waals surface area contributed by atoms with E-state index >= 15 is 0 Å². The number of nitrogens with zero attached hydrogens (tertiary/aromatic N) is 3. The van der Waals surface area contributed by atoms with Crippen molar-refractivity contribution in [3.8, 4) is 21.3 Å². The van der Waals surface area contributed by atoms with Gasteiger partial charge in [-0.3, -0.25) is 0 Å². The maximum absolute atomic E-state index is 5.69. The average molecular weight is 386 g/mol. The van der Waals surface area contributed by atoms with E-state index in [2.05, 4.69) is 46.8 Å². The van der Waals surface area contributed by atoms with Crippen molar-refractivity contribution in [3.63, 3.8) is 0 Å². The lowest BCUT2D eigenvalue weighted by atomic mass is 10.1. The third-order valence-corrected chi connectivity index (χ3v) is 6.29. The van der Waals surface area contributed by atoms with Crippen molar-refractivity contribution in [1.82, 2.24) is 15.2 Å². The normalized spacial score (nSPS) is 11.1. The largest absolute Gasteiger partial charge is 0.410 e. The fourth-order valence-electron chi connectivity index (χ4n) is 2.29. The Kier molecular flexibility index (Phi) is 4.96. The maximum Gasteiger partial charge on any atom is 0.277 e. The molecule has 4 rings (SSSR count). The molecule has 0 aliphatic carbocycles. The molecule has 0 unspecified atom stereocenters. The van der Waals surface area contributed by atoms with Crippen molar-refractivity contribution in [2.24, 2.45) is 0 Å². The zero-order valence-corrected chi connectivity index (χ0v) is 16.0. The number of aromatic nitrogens is 3. The molecule has 0 saturated heterocycles. The highest BCUT2D eigenvalue weighted by Gasteiger charge is 2.11. The minimum Gasteiger partial charge on any atom is -0.410 e. The molecular formula is C18H15N3OS3. The second-order valence-electron chi connectivity index (χ2n) is 5.33. The van der Waals surface area contributed by atoms with Gasteiger partial charge >= 0.3 is 0 Å². The van der Waals surface area contributed by atoms with E-state index in [4.69, 9.17) is 9.40 Å². The minimum absolute atomic E-state index is 0.574. The Morgan fingerprint density at radius 2 is 1.96 bits per heavy atom. The van der Waals surface area contributed by atoms with Crippen LogP contribution in [0.1, 0.15) is 18.2 Å². The van der Waals surface area contributed by atoms with Crippen molar-refractivity contribution < 1.29 is 4.42 Å². The first-order valence-electron chi connectivity index (χ1n) is 7.85. The van der Waals surface area contributed by atoms with E-state index in [-0.39, 0.29) is 0 Å². The summed E-state index contributed by atoms with van der Waals surface area (Å²) >= 11 is 4.77. The highest BCUT2D eigenvalue weighted by Crippen LogP contribution is 2.30. The second-order valence-corrected chi connectivity index (χ2v) is 8.07.